The number of hydrogen-bond donors (Lipinski definition) is 1. The van der Waals surface area contributed by atoms with E-state index in [2.05, 4.69) is 43.4 Å². The maximum Gasteiger partial charge on any atom is 0.411 e. The SMILES string of the molecule is CCCC(CC[C@H](C)Cc1ccccc1)COC(=O)Nc1ccc2c(Cl)c(OCCOC)oc(=O)c2c1. The van der Waals surface area contributed by atoms with Crippen LogP contribution in [-0.2, 0) is 15.9 Å². The molecule has 8 heteroatoms. The van der Waals surface area contributed by atoms with Gasteiger partial charge in [-0.15, -0.1) is 0 Å². The van der Waals surface area contributed by atoms with Crippen LogP contribution in [0.5, 0.6) is 5.95 Å². The average Bonchev–Trinajstić information content (AvgIpc) is 2.89. The Morgan fingerprint density at radius 2 is 1.84 bits per heavy atom. The van der Waals surface area contributed by atoms with Crippen LogP contribution in [0.3, 0.4) is 0 Å². The standard InChI is InChI=1S/C29H36ClNO6/c1-4-8-22(12-11-20(2)17-21-9-6-5-7-10-21)19-36-29(33)31-23-13-14-24-25(18-23)27(32)37-28(26(24)30)35-16-15-34-3/h5-7,9-10,13-14,18,20,22H,4,8,11-12,15-17,19H2,1-3H3,(H,31,33)/t20-,22?/m0/s1. The summed E-state index contributed by atoms with van der Waals surface area (Å²) < 4.78 is 21.1. The number of carbonyl (C=O) groups is 1. The van der Waals surface area contributed by atoms with Gasteiger partial charge in [0.15, 0.2) is 0 Å². The molecule has 7 nitrogen and oxygen atoms in total. The first kappa shape index (κ1) is 28.5. The molecule has 1 unspecified atom stereocenters. The zero-order valence-electron chi connectivity index (χ0n) is 21.8. The van der Waals surface area contributed by atoms with Gasteiger partial charge in [0.1, 0.15) is 11.6 Å². The fourth-order valence-corrected chi connectivity index (χ4v) is 4.55. The first-order valence-electron chi connectivity index (χ1n) is 12.8. The number of fused-ring (bicyclic) bond motifs is 1. The number of hydrogen-bond acceptors (Lipinski definition) is 6. The Bertz CT molecular complexity index is 1200. The van der Waals surface area contributed by atoms with Gasteiger partial charge in [0.05, 0.1) is 18.6 Å². The summed E-state index contributed by atoms with van der Waals surface area (Å²) in [6.07, 6.45) is 4.58. The van der Waals surface area contributed by atoms with Crippen molar-refractivity contribution in [1.82, 2.24) is 0 Å². The minimum atomic E-state index is -0.614. The summed E-state index contributed by atoms with van der Waals surface area (Å²) >= 11 is 6.35. The van der Waals surface area contributed by atoms with Crippen LogP contribution in [-0.4, -0.2) is 33.0 Å². The molecular weight excluding hydrogens is 494 g/mol. The van der Waals surface area contributed by atoms with E-state index in [0.717, 1.165) is 32.1 Å². The predicted octanol–water partition coefficient (Wildman–Crippen LogP) is 7.10. The highest BCUT2D eigenvalue weighted by Gasteiger charge is 2.17. The number of halogens is 1. The summed E-state index contributed by atoms with van der Waals surface area (Å²) in [7, 11) is 1.54. The number of methoxy groups -OCH3 is 1. The smallest absolute Gasteiger partial charge is 0.411 e. The van der Waals surface area contributed by atoms with E-state index in [4.69, 9.17) is 30.2 Å². The van der Waals surface area contributed by atoms with Gasteiger partial charge in [0.25, 0.3) is 0 Å². The number of ether oxygens (including phenoxy) is 3. The highest BCUT2D eigenvalue weighted by molar-refractivity contribution is 6.36. The van der Waals surface area contributed by atoms with Crippen molar-refractivity contribution in [2.24, 2.45) is 11.8 Å². The van der Waals surface area contributed by atoms with E-state index in [1.165, 1.54) is 11.6 Å². The first-order chi connectivity index (χ1) is 17.9. The van der Waals surface area contributed by atoms with Gasteiger partial charge in [0.2, 0.25) is 0 Å². The van der Waals surface area contributed by atoms with Crippen LogP contribution in [0.1, 0.15) is 45.1 Å². The second kappa shape index (κ2) is 14.6. The molecule has 1 amide bonds. The predicted molar refractivity (Wildman–Crippen MR) is 147 cm³/mol. The lowest BCUT2D eigenvalue weighted by Crippen LogP contribution is -2.19. The minimum Gasteiger partial charge on any atom is -0.462 e. The van der Waals surface area contributed by atoms with Gasteiger partial charge in [-0.05, 0) is 48.8 Å². The van der Waals surface area contributed by atoms with Crippen LogP contribution >= 0.6 is 11.6 Å². The van der Waals surface area contributed by atoms with Gasteiger partial charge >= 0.3 is 17.7 Å². The van der Waals surface area contributed by atoms with Gasteiger partial charge in [-0.3, -0.25) is 5.32 Å². The third-order valence-corrected chi connectivity index (χ3v) is 6.61. The molecule has 0 spiro atoms. The molecule has 0 saturated carbocycles. The van der Waals surface area contributed by atoms with Crippen LogP contribution in [0.15, 0.2) is 57.7 Å². The van der Waals surface area contributed by atoms with Crippen molar-refractivity contribution >= 4 is 34.2 Å². The summed E-state index contributed by atoms with van der Waals surface area (Å²) in [5, 5.41) is 3.59. The molecule has 0 bridgehead atoms. The van der Waals surface area contributed by atoms with Gasteiger partial charge in [-0.2, -0.15) is 0 Å². The van der Waals surface area contributed by atoms with Crippen LogP contribution in [0.2, 0.25) is 5.02 Å². The van der Waals surface area contributed by atoms with Gasteiger partial charge in [-0.1, -0.05) is 74.7 Å². The third-order valence-electron chi connectivity index (χ3n) is 6.25. The Balaban J connectivity index is 1.54. The first-order valence-corrected chi connectivity index (χ1v) is 13.1. The van der Waals surface area contributed by atoms with E-state index < -0.39 is 11.7 Å². The van der Waals surface area contributed by atoms with Crippen molar-refractivity contribution in [2.45, 2.75) is 46.0 Å². The lowest BCUT2D eigenvalue weighted by Gasteiger charge is -2.19. The average molecular weight is 530 g/mol. The molecule has 37 heavy (non-hydrogen) atoms. The molecule has 0 saturated heterocycles. The molecule has 1 N–H and O–H groups in total. The van der Waals surface area contributed by atoms with Crippen LogP contribution in [0.25, 0.3) is 10.8 Å². The zero-order chi connectivity index (χ0) is 26.6. The number of anilines is 1. The molecule has 3 rings (SSSR count). The zero-order valence-corrected chi connectivity index (χ0v) is 22.5. The van der Waals surface area contributed by atoms with Crippen LogP contribution in [0, 0.1) is 11.8 Å². The minimum absolute atomic E-state index is 0.0589. The highest BCUT2D eigenvalue weighted by atomic mass is 35.5. The number of nitrogens with one attached hydrogen (secondary N) is 1. The van der Waals surface area contributed by atoms with E-state index in [-0.39, 0.29) is 23.0 Å². The molecule has 2 aromatic carbocycles. The normalized spacial score (nSPS) is 12.8. The van der Waals surface area contributed by atoms with Crippen molar-refractivity contribution in [2.75, 3.05) is 32.2 Å². The molecule has 0 fully saturated rings. The number of amides is 1. The Labute approximate surface area is 223 Å². The molecule has 200 valence electrons. The second-order valence-electron chi connectivity index (χ2n) is 9.34. The van der Waals surface area contributed by atoms with E-state index >= 15 is 0 Å². The quantitative estimate of drug-likeness (QED) is 0.224. The highest BCUT2D eigenvalue weighted by Crippen LogP contribution is 2.32. The molecule has 1 heterocycles. The van der Waals surface area contributed by atoms with Crippen LogP contribution < -0.4 is 15.7 Å². The summed E-state index contributed by atoms with van der Waals surface area (Å²) in [4.78, 5) is 25.0. The fourth-order valence-electron chi connectivity index (χ4n) is 4.29. The molecule has 0 aliphatic heterocycles. The van der Waals surface area contributed by atoms with Crippen molar-refractivity contribution in [3.05, 3.63) is 69.5 Å². The third kappa shape index (κ3) is 8.79. The van der Waals surface area contributed by atoms with Gasteiger partial charge < -0.3 is 18.6 Å². The molecule has 0 radical (unpaired) electrons. The molecule has 3 aromatic rings. The molecular formula is C29H36ClNO6. The van der Waals surface area contributed by atoms with E-state index in [9.17, 15) is 9.59 Å². The monoisotopic (exact) mass is 529 g/mol. The number of rotatable bonds is 14. The largest absolute Gasteiger partial charge is 0.462 e. The van der Waals surface area contributed by atoms with Crippen molar-refractivity contribution in [3.8, 4) is 5.95 Å². The van der Waals surface area contributed by atoms with E-state index in [1.807, 2.05) is 6.07 Å². The Morgan fingerprint density at radius 3 is 2.57 bits per heavy atom. The Morgan fingerprint density at radius 1 is 1.05 bits per heavy atom. The van der Waals surface area contributed by atoms with Crippen LogP contribution in [0.4, 0.5) is 10.5 Å². The molecule has 1 aromatic heterocycles. The molecule has 0 aliphatic rings. The van der Waals surface area contributed by atoms with Crippen molar-refractivity contribution < 1.29 is 23.4 Å². The van der Waals surface area contributed by atoms with Gasteiger partial charge in [0, 0.05) is 18.2 Å². The lowest BCUT2D eigenvalue weighted by molar-refractivity contribution is 0.128. The molecule has 0 aliphatic carbocycles. The number of carbonyl (C=O) groups excluding carboxylic acids is 1. The fraction of sp³-hybridized carbons (Fsp3) is 0.448. The Kier molecular flexibility index (Phi) is 11.3. The molecule has 2 atom stereocenters. The second-order valence-corrected chi connectivity index (χ2v) is 9.72. The van der Waals surface area contributed by atoms with E-state index in [0.29, 0.717) is 36.1 Å². The maximum atomic E-state index is 12.5. The summed E-state index contributed by atoms with van der Waals surface area (Å²) in [5.41, 5.74) is 1.15. The maximum absolute atomic E-state index is 12.5. The van der Waals surface area contributed by atoms with Gasteiger partial charge in [-0.25, -0.2) is 9.59 Å². The summed E-state index contributed by atoms with van der Waals surface area (Å²) in [6.45, 7) is 5.28. The van der Waals surface area contributed by atoms with Crippen molar-refractivity contribution in [1.29, 1.82) is 0 Å². The Hall–Kier alpha value is -3.03. The topological polar surface area (TPSA) is 87.0 Å². The lowest BCUT2D eigenvalue weighted by atomic mass is 9.90. The van der Waals surface area contributed by atoms with E-state index in [1.54, 1.807) is 19.2 Å². The summed E-state index contributed by atoms with van der Waals surface area (Å²) in [6, 6.07) is 15.3. The summed E-state index contributed by atoms with van der Waals surface area (Å²) in [5.74, 6) is 0.793. The number of benzene rings is 2. The van der Waals surface area contributed by atoms with Crippen molar-refractivity contribution in [3.63, 3.8) is 0 Å².